The van der Waals surface area contributed by atoms with Crippen molar-refractivity contribution in [2.24, 2.45) is 0 Å². The van der Waals surface area contributed by atoms with Crippen molar-refractivity contribution in [2.75, 3.05) is 5.32 Å². The fourth-order valence-corrected chi connectivity index (χ4v) is 4.63. The van der Waals surface area contributed by atoms with Gasteiger partial charge < -0.3 is 10.3 Å². The average molecular weight is 484 g/mol. The second-order valence-corrected chi connectivity index (χ2v) is 8.66. The zero-order chi connectivity index (χ0) is 25.2. The van der Waals surface area contributed by atoms with Crippen LogP contribution < -0.4 is 5.32 Å². The molecule has 1 atom stereocenters. The van der Waals surface area contributed by atoms with Crippen LogP contribution in [0.3, 0.4) is 0 Å². The van der Waals surface area contributed by atoms with Crippen LogP contribution in [-0.2, 0) is 0 Å². The molecule has 0 spiro atoms. The number of nitriles is 1. The first-order chi connectivity index (χ1) is 18.2. The number of carbonyl (C=O) groups excluding carboxylic acids is 1. The molecule has 1 unspecified atom stereocenters. The molecule has 0 saturated carbocycles. The minimum Gasteiger partial charge on any atom is -0.346 e. The lowest BCUT2D eigenvalue weighted by molar-refractivity contribution is 0.102. The maximum absolute atomic E-state index is 13.2. The molecule has 2 N–H and O–H groups in total. The third-order valence-corrected chi connectivity index (χ3v) is 6.40. The summed E-state index contributed by atoms with van der Waals surface area (Å²) in [5.41, 5.74) is 4.47. The molecule has 1 amide bonds. The molecular formula is C29H21N7O. The molecule has 6 aromatic rings. The monoisotopic (exact) mass is 483 g/mol. The second kappa shape index (κ2) is 9.40. The smallest absolute Gasteiger partial charge is 0.256 e. The summed E-state index contributed by atoms with van der Waals surface area (Å²) in [5.74, 6) is -0.188. The number of amides is 1. The summed E-state index contributed by atoms with van der Waals surface area (Å²) in [5, 5.41) is 20.0. The molecule has 3 aromatic carbocycles. The molecule has 0 aliphatic rings. The Balaban J connectivity index is 1.30. The van der Waals surface area contributed by atoms with Gasteiger partial charge in [0.15, 0.2) is 0 Å². The molecule has 178 valence electrons. The van der Waals surface area contributed by atoms with E-state index in [9.17, 15) is 10.1 Å². The quantitative estimate of drug-likeness (QED) is 0.314. The Hall–Kier alpha value is -5.29. The Morgan fingerprint density at radius 1 is 1.03 bits per heavy atom. The van der Waals surface area contributed by atoms with Gasteiger partial charge in [-0.1, -0.05) is 48.5 Å². The van der Waals surface area contributed by atoms with Gasteiger partial charge in [0.25, 0.3) is 5.91 Å². The maximum atomic E-state index is 13.2. The van der Waals surface area contributed by atoms with Crippen LogP contribution in [0.15, 0.2) is 97.7 Å². The minimum atomic E-state index is -0.336. The predicted molar refractivity (Wildman–Crippen MR) is 142 cm³/mol. The highest BCUT2D eigenvalue weighted by Crippen LogP contribution is 2.29. The van der Waals surface area contributed by atoms with E-state index in [0.717, 1.165) is 38.6 Å². The Bertz CT molecular complexity index is 1790. The summed E-state index contributed by atoms with van der Waals surface area (Å²) in [4.78, 5) is 24.9. The summed E-state index contributed by atoms with van der Waals surface area (Å²) in [7, 11) is 0. The van der Waals surface area contributed by atoms with Gasteiger partial charge in [-0.15, -0.1) is 0 Å². The summed E-state index contributed by atoms with van der Waals surface area (Å²) in [6.07, 6.45) is 7.18. The van der Waals surface area contributed by atoms with E-state index in [-0.39, 0.29) is 18.4 Å². The lowest BCUT2D eigenvalue weighted by atomic mass is 10.0. The molecule has 8 nitrogen and oxygen atoms in total. The Kier molecular flexibility index (Phi) is 5.64. The second-order valence-electron chi connectivity index (χ2n) is 8.66. The normalized spacial score (nSPS) is 11.9. The van der Waals surface area contributed by atoms with Crippen LogP contribution in [0.25, 0.3) is 33.1 Å². The fourth-order valence-electron chi connectivity index (χ4n) is 4.63. The van der Waals surface area contributed by atoms with Gasteiger partial charge in [0.1, 0.15) is 12.0 Å². The molecular weight excluding hydrogens is 462 g/mol. The summed E-state index contributed by atoms with van der Waals surface area (Å²) in [6, 6.07) is 24.9. The molecule has 0 bridgehead atoms. The van der Waals surface area contributed by atoms with E-state index in [1.165, 1.54) is 6.33 Å². The van der Waals surface area contributed by atoms with Crippen LogP contribution in [0, 0.1) is 11.3 Å². The third kappa shape index (κ3) is 4.19. The van der Waals surface area contributed by atoms with Gasteiger partial charge in [0.05, 0.1) is 30.4 Å². The molecule has 3 aromatic heterocycles. The first-order valence-electron chi connectivity index (χ1n) is 11.8. The minimum absolute atomic E-state index is 0.188. The zero-order valence-corrected chi connectivity index (χ0v) is 19.7. The molecule has 6 rings (SSSR count). The summed E-state index contributed by atoms with van der Waals surface area (Å²) in [6.45, 7) is 0. The van der Waals surface area contributed by atoms with E-state index in [1.807, 2.05) is 85.2 Å². The average Bonchev–Trinajstić information content (AvgIpc) is 3.61. The highest BCUT2D eigenvalue weighted by Gasteiger charge is 2.18. The molecule has 8 heteroatoms. The zero-order valence-electron chi connectivity index (χ0n) is 19.7. The van der Waals surface area contributed by atoms with Crippen molar-refractivity contribution in [3.8, 4) is 17.3 Å². The van der Waals surface area contributed by atoms with Gasteiger partial charge in [0.2, 0.25) is 0 Å². The first-order valence-corrected chi connectivity index (χ1v) is 11.8. The molecule has 0 aliphatic carbocycles. The summed E-state index contributed by atoms with van der Waals surface area (Å²) >= 11 is 0. The van der Waals surface area contributed by atoms with Crippen molar-refractivity contribution in [3.63, 3.8) is 0 Å². The van der Waals surface area contributed by atoms with Gasteiger partial charge in [-0.2, -0.15) is 10.4 Å². The lowest BCUT2D eigenvalue weighted by Gasteiger charge is -2.16. The SMILES string of the molecule is N#CCC(c1cccc(NC(=O)c2cccc3ccccc23)c1)n1cc(-c2ncnc3[nH]ccc23)cn1. The standard InChI is InChI=1S/C29H21N7O/c30-13-11-26(36-17-21(16-34-36)27-25-12-14-31-28(25)33-18-32-27)20-7-3-8-22(15-20)35-29(37)24-10-4-6-19-5-1-2-9-23(19)24/h1-10,12,14-18,26H,11H2,(H,35,37)(H,31,32,33). The number of hydrogen-bond donors (Lipinski definition) is 2. The highest BCUT2D eigenvalue weighted by molar-refractivity contribution is 6.12. The molecule has 0 aliphatic heterocycles. The number of fused-ring (bicyclic) bond motifs is 2. The van der Waals surface area contributed by atoms with Crippen LogP contribution in [0.2, 0.25) is 0 Å². The maximum Gasteiger partial charge on any atom is 0.256 e. The number of rotatable bonds is 6. The van der Waals surface area contributed by atoms with Crippen LogP contribution in [0.4, 0.5) is 5.69 Å². The van der Waals surface area contributed by atoms with Gasteiger partial charge >= 0.3 is 0 Å². The van der Waals surface area contributed by atoms with E-state index >= 15 is 0 Å². The number of hydrogen-bond acceptors (Lipinski definition) is 5. The first kappa shape index (κ1) is 22.2. The van der Waals surface area contributed by atoms with Crippen molar-refractivity contribution in [3.05, 3.63) is 109 Å². The Morgan fingerprint density at radius 3 is 2.81 bits per heavy atom. The van der Waals surface area contributed by atoms with Crippen molar-refractivity contribution in [1.29, 1.82) is 5.26 Å². The van der Waals surface area contributed by atoms with Gasteiger partial charge in [-0.05, 0) is 40.6 Å². The molecule has 37 heavy (non-hydrogen) atoms. The van der Waals surface area contributed by atoms with Crippen LogP contribution in [0.5, 0.6) is 0 Å². The number of nitrogens with one attached hydrogen (secondary N) is 2. The number of nitrogens with zero attached hydrogens (tertiary/aromatic N) is 5. The fraction of sp³-hybridized carbons (Fsp3) is 0.0690. The topological polar surface area (TPSA) is 112 Å². The van der Waals surface area contributed by atoms with Crippen LogP contribution in [0.1, 0.15) is 28.4 Å². The Labute approximate surface area is 212 Å². The highest BCUT2D eigenvalue weighted by atomic mass is 16.1. The van der Waals surface area contributed by atoms with Gasteiger partial charge in [-0.25, -0.2) is 9.97 Å². The summed E-state index contributed by atoms with van der Waals surface area (Å²) < 4.78 is 1.77. The number of aromatic nitrogens is 5. The number of benzene rings is 3. The van der Waals surface area contributed by atoms with E-state index in [0.29, 0.717) is 11.3 Å². The molecule has 0 fully saturated rings. The molecule has 0 radical (unpaired) electrons. The lowest BCUT2D eigenvalue weighted by Crippen LogP contribution is -2.14. The molecule has 0 saturated heterocycles. The molecule has 3 heterocycles. The number of H-pyrrole nitrogens is 1. The Morgan fingerprint density at radius 2 is 1.89 bits per heavy atom. The largest absolute Gasteiger partial charge is 0.346 e. The van der Waals surface area contributed by atoms with E-state index in [4.69, 9.17) is 0 Å². The van der Waals surface area contributed by atoms with Gasteiger partial charge in [0, 0.05) is 34.6 Å². The third-order valence-electron chi connectivity index (χ3n) is 6.40. The van der Waals surface area contributed by atoms with E-state index in [2.05, 4.69) is 31.4 Å². The van der Waals surface area contributed by atoms with E-state index < -0.39 is 0 Å². The van der Waals surface area contributed by atoms with Crippen molar-refractivity contribution >= 4 is 33.4 Å². The van der Waals surface area contributed by atoms with E-state index in [1.54, 1.807) is 10.9 Å². The number of carbonyl (C=O) groups is 1. The number of anilines is 1. The predicted octanol–water partition coefficient (Wildman–Crippen LogP) is 5.73. The van der Waals surface area contributed by atoms with Gasteiger partial charge in [-0.3, -0.25) is 9.48 Å². The number of aromatic amines is 1. The van der Waals surface area contributed by atoms with Crippen molar-refractivity contribution in [1.82, 2.24) is 24.7 Å². The van der Waals surface area contributed by atoms with Crippen LogP contribution >= 0.6 is 0 Å². The van der Waals surface area contributed by atoms with Crippen molar-refractivity contribution in [2.45, 2.75) is 12.5 Å². The van der Waals surface area contributed by atoms with Crippen molar-refractivity contribution < 1.29 is 4.79 Å². The van der Waals surface area contributed by atoms with Crippen LogP contribution in [-0.4, -0.2) is 30.6 Å².